The Morgan fingerprint density at radius 3 is 2.29 bits per heavy atom. The second-order valence-electron chi connectivity index (χ2n) is 6.13. The maximum absolute atomic E-state index is 9.32. The van der Waals surface area contributed by atoms with Crippen molar-refractivity contribution in [2.45, 2.75) is 24.4 Å². The lowest BCUT2D eigenvalue weighted by Crippen LogP contribution is -2.09. The van der Waals surface area contributed by atoms with Crippen LogP contribution in [0.15, 0.2) is 53.7 Å². The van der Waals surface area contributed by atoms with E-state index in [1.54, 1.807) is 23.9 Å². The van der Waals surface area contributed by atoms with Gasteiger partial charge in [0.2, 0.25) is 11.2 Å². The Morgan fingerprint density at radius 2 is 1.54 bits per heavy atom. The van der Waals surface area contributed by atoms with E-state index in [1.165, 1.54) is 5.56 Å². The van der Waals surface area contributed by atoms with Crippen molar-refractivity contribution >= 4 is 40.9 Å². The molecule has 3 rings (SSSR count). The summed E-state index contributed by atoms with van der Waals surface area (Å²) in [7, 11) is 0. The summed E-state index contributed by atoms with van der Waals surface area (Å²) in [6, 6.07) is 15.0. The number of rotatable bonds is 9. The summed E-state index contributed by atoms with van der Waals surface area (Å²) in [4.78, 5) is 12.7. The summed E-state index contributed by atoms with van der Waals surface area (Å²) < 4.78 is 0. The van der Waals surface area contributed by atoms with E-state index < -0.39 is 0 Å². The fraction of sp³-hybridized carbons (Fsp3) is 0.250. The van der Waals surface area contributed by atoms with Crippen LogP contribution < -0.4 is 5.32 Å². The number of halogens is 2. The van der Waals surface area contributed by atoms with Crippen LogP contribution >= 0.6 is 35.0 Å². The van der Waals surface area contributed by atoms with Gasteiger partial charge >= 0.3 is 0 Å². The summed E-state index contributed by atoms with van der Waals surface area (Å²) >= 11 is 13.5. The Balaban J connectivity index is 1.45. The van der Waals surface area contributed by atoms with Crippen LogP contribution in [-0.2, 0) is 12.8 Å². The molecule has 2 aromatic carbocycles. The van der Waals surface area contributed by atoms with E-state index in [0.717, 1.165) is 35.6 Å². The van der Waals surface area contributed by atoms with Gasteiger partial charge in [0, 0.05) is 17.3 Å². The lowest BCUT2D eigenvalue weighted by molar-refractivity contribution is 0.475. The van der Waals surface area contributed by atoms with Gasteiger partial charge in [0.15, 0.2) is 5.16 Å². The third-order valence-electron chi connectivity index (χ3n) is 3.97. The van der Waals surface area contributed by atoms with Crippen molar-refractivity contribution in [2.75, 3.05) is 17.6 Å². The van der Waals surface area contributed by atoms with Crippen molar-refractivity contribution in [1.29, 1.82) is 0 Å². The molecule has 5 nitrogen and oxygen atoms in total. The smallest absolute Gasteiger partial charge is 0.228 e. The number of aromatic nitrogens is 3. The Morgan fingerprint density at radius 1 is 0.857 bits per heavy atom. The molecule has 0 saturated heterocycles. The molecule has 0 bridgehead atoms. The molecule has 0 fully saturated rings. The largest absolute Gasteiger partial charge is 0.508 e. The minimum Gasteiger partial charge on any atom is -0.508 e. The number of hydrogen-bond donors (Lipinski definition) is 2. The molecule has 0 aliphatic rings. The molecule has 146 valence electrons. The molecule has 0 amide bonds. The highest BCUT2D eigenvalue weighted by Crippen LogP contribution is 2.19. The van der Waals surface area contributed by atoms with Crippen LogP contribution in [0, 0.1) is 0 Å². The number of phenols is 1. The van der Waals surface area contributed by atoms with Crippen molar-refractivity contribution in [3.8, 4) is 5.75 Å². The zero-order valence-corrected chi connectivity index (χ0v) is 17.4. The molecule has 0 atom stereocenters. The summed E-state index contributed by atoms with van der Waals surface area (Å²) in [6.45, 7) is 0.659. The highest BCUT2D eigenvalue weighted by molar-refractivity contribution is 7.99. The molecule has 0 aliphatic carbocycles. The first-order chi connectivity index (χ1) is 13.6. The van der Waals surface area contributed by atoms with Gasteiger partial charge in [-0.2, -0.15) is 15.0 Å². The van der Waals surface area contributed by atoms with E-state index in [-0.39, 0.29) is 11.0 Å². The average Bonchev–Trinajstić information content (AvgIpc) is 2.68. The fourth-order valence-electron chi connectivity index (χ4n) is 2.55. The number of anilines is 1. The molecular weight excluding hydrogens is 415 g/mol. The van der Waals surface area contributed by atoms with E-state index in [1.807, 2.05) is 36.4 Å². The zero-order valence-electron chi connectivity index (χ0n) is 15.1. The van der Waals surface area contributed by atoms with E-state index in [4.69, 9.17) is 23.2 Å². The first kappa shape index (κ1) is 20.7. The molecule has 2 N–H and O–H groups in total. The van der Waals surface area contributed by atoms with Gasteiger partial charge in [-0.25, -0.2) is 0 Å². The Bertz CT molecular complexity index is 892. The van der Waals surface area contributed by atoms with Gasteiger partial charge in [0.25, 0.3) is 0 Å². The molecule has 1 heterocycles. The van der Waals surface area contributed by atoms with Crippen LogP contribution in [0.5, 0.6) is 5.75 Å². The summed E-state index contributed by atoms with van der Waals surface area (Å²) in [5.74, 6) is 1.62. The normalized spacial score (nSPS) is 10.8. The van der Waals surface area contributed by atoms with Gasteiger partial charge < -0.3 is 10.4 Å². The highest BCUT2D eigenvalue weighted by atomic mass is 35.5. The maximum Gasteiger partial charge on any atom is 0.228 e. The summed E-state index contributed by atoms with van der Waals surface area (Å²) in [5, 5.41) is 14.0. The quantitative estimate of drug-likeness (QED) is 0.353. The topological polar surface area (TPSA) is 70.9 Å². The molecule has 3 aromatic rings. The van der Waals surface area contributed by atoms with Gasteiger partial charge in [-0.3, -0.25) is 0 Å². The van der Waals surface area contributed by atoms with E-state index >= 15 is 0 Å². The second-order valence-corrected chi connectivity index (χ2v) is 7.97. The predicted molar refractivity (Wildman–Crippen MR) is 116 cm³/mol. The van der Waals surface area contributed by atoms with Gasteiger partial charge in [0.1, 0.15) is 5.75 Å². The SMILES string of the molecule is Oc1ccc(CCNc2nc(Cl)nc(SCCCc3ccc(Cl)cc3)n2)cc1. The lowest BCUT2D eigenvalue weighted by atomic mass is 10.1. The van der Waals surface area contributed by atoms with E-state index in [0.29, 0.717) is 17.6 Å². The number of nitrogens with one attached hydrogen (secondary N) is 1. The molecule has 0 spiro atoms. The minimum atomic E-state index is 0.183. The van der Waals surface area contributed by atoms with Crippen molar-refractivity contribution in [3.05, 3.63) is 70.0 Å². The molecule has 0 unspecified atom stereocenters. The highest BCUT2D eigenvalue weighted by Gasteiger charge is 2.06. The molecule has 8 heteroatoms. The number of nitrogens with zero attached hydrogens (tertiary/aromatic N) is 3. The van der Waals surface area contributed by atoms with Crippen molar-refractivity contribution in [1.82, 2.24) is 15.0 Å². The van der Waals surface area contributed by atoms with Crippen molar-refractivity contribution in [3.63, 3.8) is 0 Å². The van der Waals surface area contributed by atoms with Crippen LogP contribution in [0.4, 0.5) is 5.95 Å². The second kappa shape index (κ2) is 10.5. The standard InChI is InChI=1S/C20H20Cl2N4OS/c21-16-7-3-14(4-8-16)2-1-13-28-20-25-18(22)24-19(26-20)23-12-11-15-5-9-17(27)10-6-15/h3-10,27H,1-2,11-13H2,(H,23,24,25,26). The fourth-order valence-corrected chi connectivity index (χ4v) is 3.66. The molecule has 0 saturated carbocycles. The third kappa shape index (κ3) is 6.86. The molecule has 0 radical (unpaired) electrons. The number of aromatic hydroxyl groups is 1. The van der Waals surface area contributed by atoms with Gasteiger partial charge in [-0.1, -0.05) is 47.6 Å². The lowest BCUT2D eigenvalue weighted by Gasteiger charge is -2.07. The van der Waals surface area contributed by atoms with E-state index in [2.05, 4.69) is 20.3 Å². The predicted octanol–water partition coefficient (Wildman–Crippen LogP) is 5.26. The maximum atomic E-state index is 9.32. The minimum absolute atomic E-state index is 0.183. The van der Waals surface area contributed by atoms with Gasteiger partial charge in [-0.15, -0.1) is 0 Å². The molecule has 1 aromatic heterocycles. The Labute approximate surface area is 178 Å². The first-order valence-corrected chi connectivity index (χ1v) is 10.6. The monoisotopic (exact) mass is 434 g/mol. The third-order valence-corrected chi connectivity index (χ3v) is 5.33. The first-order valence-electron chi connectivity index (χ1n) is 8.89. The molecular formula is C20H20Cl2N4OS. The number of aryl methyl sites for hydroxylation is 1. The molecule has 28 heavy (non-hydrogen) atoms. The summed E-state index contributed by atoms with van der Waals surface area (Å²) in [6.07, 6.45) is 2.76. The Hall–Kier alpha value is -2.02. The van der Waals surface area contributed by atoms with Crippen LogP contribution in [-0.4, -0.2) is 32.4 Å². The Kier molecular flexibility index (Phi) is 7.77. The van der Waals surface area contributed by atoms with Gasteiger partial charge in [-0.05, 0) is 66.3 Å². The average molecular weight is 435 g/mol. The number of hydrogen-bond acceptors (Lipinski definition) is 6. The van der Waals surface area contributed by atoms with Crippen LogP contribution in [0.25, 0.3) is 0 Å². The van der Waals surface area contributed by atoms with Crippen molar-refractivity contribution < 1.29 is 5.11 Å². The van der Waals surface area contributed by atoms with Crippen LogP contribution in [0.3, 0.4) is 0 Å². The van der Waals surface area contributed by atoms with Crippen molar-refractivity contribution in [2.24, 2.45) is 0 Å². The van der Waals surface area contributed by atoms with E-state index in [9.17, 15) is 5.11 Å². The van der Waals surface area contributed by atoms with Gasteiger partial charge in [0.05, 0.1) is 0 Å². The number of thioether (sulfide) groups is 1. The number of phenolic OH excluding ortho intramolecular Hbond substituents is 1. The number of benzene rings is 2. The zero-order chi connectivity index (χ0) is 19.8. The molecule has 0 aliphatic heterocycles. The summed E-state index contributed by atoms with van der Waals surface area (Å²) in [5.41, 5.74) is 2.37. The van der Waals surface area contributed by atoms with Crippen LogP contribution in [0.1, 0.15) is 17.5 Å². The van der Waals surface area contributed by atoms with Crippen LogP contribution in [0.2, 0.25) is 10.3 Å².